The molecule has 0 aliphatic rings. The van der Waals surface area contributed by atoms with E-state index in [1.54, 1.807) is 0 Å². The minimum absolute atomic E-state index is 0.0704. The summed E-state index contributed by atoms with van der Waals surface area (Å²) in [5, 5.41) is 9.75. The number of hydrogen-bond donors (Lipinski definition) is 1. The molecule has 6 heteroatoms. The summed E-state index contributed by atoms with van der Waals surface area (Å²) in [6.07, 6.45) is 0.0229. The first-order valence-electron chi connectivity index (χ1n) is 4.93. The molecule has 0 saturated heterocycles. The lowest BCUT2D eigenvalue weighted by Crippen LogP contribution is -2.30. The predicted molar refractivity (Wildman–Crippen MR) is 61.1 cm³/mol. The molecule has 0 bridgehead atoms. The maximum absolute atomic E-state index is 11.6. The van der Waals surface area contributed by atoms with Gasteiger partial charge < -0.3 is 9.84 Å². The highest BCUT2D eigenvalue weighted by atomic mass is 35.5. The van der Waals surface area contributed by atoms with Crippen LogP contribution >= 0.6 is 11.6 Å². The van der Waals surface area contributed by atoms with Gasteiger partial charge in [0.15, 0.2) is 0 Å². The van der Waals surface area contributed by atoms with E-state index in [1.807, 2.05) is 0 Å². The van der Waals surface area contributed by atoms with Gasteiger partial charge in [-0.1, -0.05) is 11.6 Å². The van der Waals surface area contributed by atoms with Crippen molar-refractivity contribution in [2.45, 2.75) is 12.5 Å². The minimum atomic E-state index is -1.37. The van der Waals surface area contributed by atoms with E-state index in [-0.39, 0.29) is 18.7 Å². The average molecular weight is 258 g/mol. The van der Waals surface area contributed by atoms with Gasteiger partial charge in [0, 0.05) is 31.4 Å². The standard InChI is InChI=1S/C11H12ClNO4/c1-17-5-3-9(14)11(16)10(15)8-6-7(12)2-4-13-8/h2,4,6,9,14H,3,5H2,1H3. The highest BCUT2D eigenvalue weighted by molar-refractivity contribution is 6.45. The number of carbonyl (C=O) groups is 2. The summed E-state index contributed by atoms with van der Waals surface area (Å²) < 4.78 is 4.71. The van der Waals surface area contributed by atoms with Crippen LogP contribution in [-0.4, -0.2) is 41.5 Å². The van der Waals surface area contributed by atoms with Crippen molar-refractivity contribution in [3.63, 3.8) is 0 Å². The number of aliphatic hydroxyl groups is 1. The van der Waals surface area contributed by atoms with Crippen LogP contribution in [-0.2, 0) is 9.53 Å². The number of nitrogens with zero attached hydrogens (tertiary/aromatic N) is 1. The Morgan fingerprint density at radius 1 is 1.59 bits per heavy atom. The van der Waals surface area contributed by atoms with E-state index < -0.39 is 17.7 Å². The lowest BCUT2D eigenvalue weighted by Gasteiger charge is -2.07. The number of hydrogen-bond acceptors (Lipinski definition) is 5. The number of pyridine rings is 1. The van der Waals surface area contributed by atoms with E-state index in [2.05, 4.69) is 4.98 Å². The lowest BCUT2D eigenvalue weighted by molar-refractivity contribution is -0.123. The van der Waals surface area contributed by atoms with Gasteiger partial charge in [0.05, 0.1) is 0 Å². The molecule has 0 amide bonds. The van der Waals surface area contributed by atoms with Crippen LogP contribution in [0.5, 0.6) is 0 Å². The van der Waals surface area contributed by atoms with Gasteiger partial charge in [0.2, 0.25) is 11.6 Å². The fourth-order valence-electron chi connectivity index (χ4n) is 1.17. The molecule has 17 heavy (non-hydrogen) atoms. The Morgan fingerprint density at radius 3 is 2.88 bits per heavy atom. The molecule has 1 unspecified atom stereocenters. The Morgan fingerprint density at radius 2 is 2.29 bits per heavy atom. The zero-order chi connectivity index (χ0) is 12.8. The summed E-state index contributed by atoms with van der Waals surface area (Å²) in [4.78, 5) is 26.9. The molecule has 0 aliphatic heterocycles. The number of ether oxygens (including phenoxy) is 1. The number of carbonyl (C=O) groups excluding carboxylic acids is 2. The van der Waals surface area contributed by atoms with Crippen molar-refractivity contribution in [2.24, 2.45) is 0 Å². The number of aromatic nitrogens is 1. The van der Waals surface area contributed by atoms with Gasteiger partial charge in [-0.3, -0.25) is 14.6 Å². The van der Waals surface area contributed by atoms with Crippen LogP contribution in [0.1, 0.15) is 16.9 Å². The molecule has 1 rings (SSSR count). The van der Waals surface area contributed by atoms with E-state index in [1.165, 1.54) is 25.4 Å². The predicted octanol–water partition coefficient (Wildman–Crippen LogP) is 0.884. The van der Waals surface area contributed by atoms with Crippen LogP contribution in [0.2, 0.25) is 5.02 Å². The summed E-state index contributed by atoms with van der Waals surface area (Å²) >= 11 is 5.67. The molecule has 0 aliphatic carbocycles. The summed E-state index contributed by atoms with van der Waals surface area (Å²) in [6, 6.07) is 2.77. The molecule has 1 aromatic heterocycles. The fraction of sp³-hybridized carbons (Fsp3) is 0.364. The summed E-state index contributed by atoms with van der Waals surface area (Å²) in [6.45, 7) is 0.198. The van der Waals surface area contributed by atoms with Crippen molar-refractivity contribution in [1.82, 2.24) is 4.98 Å². The molecule has 92 valence electrons. The molecule has 5 nitrogen and oxygen atoms in total. The van der Waals surface area contributed by atoms with Crippen molar-refractivity contribution in [3.05, 3.63) is 29.0 Å². The van der Waals surface area contributed by atoms with Crippen LogP contribution in [0, 0.1) is 0 Å². The third kappa shape index (κ3) is 3.89. The van der Waals surface area contributed by atoms with Gasteiger partial charge in [-0.2, -0.15) is 0 Å². The SMILES string of the molecule is COCCC(O)C(=O)C(=O)c1cc(Cl)ccn1. The van der Waals surface area contributed by atoms with E-state index >= 15 is 0 Å². The summed E-state index contributed by atoms with van der Waals surface area (Å²) in [7, 11) is 1.44. The quantitative estimate of drug-likeness (QED) is 0.605. The molecule has 0 saturated carbocycles. The van der Waals surface area contributed by atoms with Crippen LogP contribution in [0.4, 0.5) is 0 Å². The van der Waals surface area contributed by atoms with Gasteiger partial charge >= 0.3 is 0 Å². The number of halogens is 1. The third-order valence-electron chi connectivity index (χ3n) is 2.08. The lowest BCUT2D eigenvalue weighted by atomic mass is 10.1. The van der Waals surface area contributed by atoms with Crippen LogP contribution in [0.25, 0.3) is 0 Å². The largest absolute Gasteiger partial charge is 0.385 e. The maximum Gasteiger partial charge on any atom is 0.249 e. The molecular weight excluding hydrogens is 246 g/mol. The molecule has 1 N–H and O–H groups in total. The Balaban J connectivity index is 2.73. The first kappa shape index (κ1) is 13.8. The molecule has 1 aromatic rings. The van der Waals surface area contributed by atoms with Gasteiger partial charge in [0.25, 0.3) is 0 Å². The van der Waals surface area contributed by atoms with Gasteiger partial charge in [-0.25, -0.2) is 0 Å². The Labute approximate surface area is 103 Å². The summed E-state index contributed by atoms with van der Waals surface area (Å²) in [5.41, 5.74) is -0.0704. The van der Waals surface area contributed by atoms with E-state index in [0.29, 0.717) is 5.02 Å². The smallest absolute Gasteiger partial charge is 0.249 e. The van der Waals surface area contributed by atoms with Crippen LogP contribution in [0.15, 0.2) is 18.3 Å². The third-order valence-corrected chi connectivity index (χ3v) is 2.31. The average Bonchev–Trinajstić information content (AvgIpc) is 2.34. The Hall–Kier alpha value is -1.30. The van der Waals surface area contributed by atoms with Crippen molar-refractivity contribution >= 4 is 23.2 Å². The van der Waals surface area contributed by atoms with Crippen molar-refractivity contribution in [2.75, 3.05) is 13.7 Å². The summed E-state index contributed by atoms with van der Waals surface area (Å²) in [5.74, 6) is -1.76. The minimum Gasteiger partial charge on any atom is -0.385 e. The molecule has 0 radical (unpaired) electrons. The molecular formula is C11H12ClNO4. The number of ketones is 2. The van der Waals surface area contributed by atoms with Crippen molar-refractivity contribution in [1.29, 1.82) is 0 Å². The zero-order valence-corrected chi connectivity index (χ0v) is 9.98. The van der Waals surface area contributed by atoms with Crippen molar-refractivity contribution in [3.8, 4) is 0 Å². The van der Waals surface area contributed by atoms with Gasteiger partial charge in [-0.15, -0.1) is 0 Å². The second-order valence-corrected chi connectivity index (χ2v) is 3.79. The highest BCUT2D eigenvalue weighted by Crippen LogP contribution is 2.10. The number of Topliss-reactive ketones (excluding diaryl/α,β-unsaturated/α-hetero) is 2. The Bertz CT molecular complexity index is 422. The molecule has 1 heterocycles. The van der Waals surface area contributed by atoms with E-state index in [0.717, 1.165) is 0 Å². The normalized spacial score (nSPS) is 12.2. The van der Waals surface area contributed by atoms with Crippen LogP contribution < -0.4 is 0 Å². The Kier molecular flexibility index (Phi) is 5.21. The van der Waals surface area contributed by atoms with E-state index in [9.17, 15) is 14.7 Å². The second-order valence-electron chi connectivity index (χ2n) is 3.35. The van der Waals surface area contributed by atoms with Crippen LogP contribution in [0.3, 0.4) is 0 Å². The first-order valence-corrected chi connectivity index (χ1v) is 5.31. The molecule has 1 atom stereocenters. The number of aliphatic hydroxyl groups excluding tert-OH is 1. The number of rotatable bonds is 6. The fourth-order valence-corrected chi connectivity index (χ4v) is 1.33. The molecule has 0 fully saturated rings. The van der Waals surface area contributed by atoms with E-state index in [4.69, 9.17) is 16.3 Å². The number of methoxy groups -OCH3 is 1. The molecule has 0 spiro atoms. The van der Waals surface area contributed by atoms with Crippen molar-refractivity contribution < 1.29 is 19.4 Å². The van der Waals surface area contributed by atoms with Gasteiger partial charge in [0.1, 0.15) is 11.8 Å². The first-order chi connectivity index (χ1) is 8.06. The molecule has 0 aromatic carbocycles. The monoisotopic (exact) mass is 257 g/mol. The van der Waals surface area contributed by atoms with Gasteiger partial charge in [-0.05, 0) is 12.1 Å². The second kappa shape index (κ2) is 6.44. The topological polar surface area (TPSA) is 76.5 Å². The maximum atomic E-state index is 11.6. The highest BCUT2D eigenvalue weighted by Gasteiger charge is 2.25. The zero-order valence-electron chi connectivity index (χ0n) is 9.22.